The van der Waals surface area contributed by atoms with Gasteiger partial charge in [0.05, 0.1) is 11.4 Å². The van der Waals surface area contributed by atoms with Crippen molar-refractivity contribution in [3.05, 3.63) is 117 Å². The Morgan fingerprint density at radius 1 is 0.935 bits per heavy atom. The van der Waals surface area contributed by atoms with Crippen LogP contribution in [0.1, 0.15) is 16.8 Å². The second-order valence-corrected chi connectivity index (χ2v) is 8.02. The van der Waals surface area contributed by atoms with Gasteiger partial charge in [0.2, 0.25) is 0 Å². The predicted octanol–water partition coefficient (Wildman–Crippen LogP) is 5.91. The summed E-state index contributed by atoms with van der Waals surface area (Å²) >= 11 is 6.13. The molecule has 0 fully saturated rings. The lowest BCUT2D eigenvalue weighted by atomic mass is 10.0. The maximum Gasteiger partial charge on any atom is 0.251 e. The summed E-state index contributed by atoms with van der Waals surface area (Å²) in [6.45, 7) is 2.04. The first-order valence-electron chi connectivity index (χ1n) is 10.1. The second-order valence-electron chi connectivity index (χ2n) is 7.59. The predicted molar refractivity (Wildman–Crippen MR) is 126 cm³/mol. The summed E-state index contributed by atoms with van der Waals surface area (Å²) in [5.74, 6) is 0. The van der Waals surface area contributed by atoms with Crippen molar-refractivity contribution in [1.82, 2.24) is 14.6 Å². The van der Waals surface area contributed by atoms with Crippen LogP contribution in [0, 0.1) is 6.92 Å². The average Bonchev–Trinajstić information content (AvgIpc) is 3.12. The van der Waals surface area contributed by atoms with Gasteiger partial charge in [-0.2, -0.15) is 5.10 Å². The van der Waals surface area contributed by atoms with Gasteiger partial charge in [-0.05, 0) is 35.7 Å². The van der Waals surface area contributed by atoms with Crippen molar-refractivity contribution < 1.29 is 0 Å². The molecule has 0 spiro atoms. The number of aromatic amines is 1. The highest BCUT2D eigenvalue weighted by Gasteiger charge is 2.19. The fourth-order valence-corrected chi connectivity index (χ4v) is 4.10. The lowest BCUT2D eigenvalue weighted by Gasteiger charge is -2.08. The summed E-state index contributed by atoms with van der Waals surface area (Å²) in [4.78, 5) is 15.7. The van der Waals surface area contributed by atoms with Crippen molar-refractivity contribution in [1.29, 1.82) is 0 Å². The lowest BCUT2D eigenvalue weighted by Crippen LogP contribution is -2.10. The van der Waals surface area contributed by atoms with Gasteiger partial charge >= 0.3 is 0 Å². The quantitative estimate of drug-likeness (QED) is 0.389. The highest BCUT2D eigenvalue weighted by molar-refractivity contribution is 6.30. The summed E-state index contributed by atoms with van der Waals surface area (Å²) in [5, 5.41) is 5.64. The van der Waals surface area contributed by atoms with Gasteiger partial charge in [-0.15, -0.1) is 0 Å². The number of H-pyrrole nitrogens is 1. The number of nitrogens with one attached hydrogen (secondary N) is 1. The van der Waals surface area contributed by atoms with E-state index in [1.165, 1.54) is 0 Å². The Labute approximate surface area is 184 Å². The van der Waals surface area contributed by atoms with Crippen LogP contribution < -0.4 is 5.56 Å². The van der Waals surface area contributed by atoms with Crippen molar-refractivity contribution in [2.24, 2.45) is 0 Å². The Hall–Kier alpha value is -3.63. The van der Waals surface area contributed by atoms with E-state index in [0.717, 1.165) is 39.2 Å². The van der Waals surface area contributed by atoms with Crippen molar-refractivity contribution in [3.63, 3.8) is 0 Å². The molecule has 4 nitrogen and oxygen atoms in total. The van der Waals surface area contributed by atoms with E-state index in [9.17, 15) is 4.79 Å². The standard InChI is InChI=1S/C26H20ClN3O/c1-17-7-5-6-10-21(17)23-16-24(31)28-26-25(19-11-13-20(27)14-12-19)22(29-30(23)26)15-18-8-3-2-4-9-18/h2-14,16H,15H2,1H3,(H,28,31). The molecule has 0 aliphatic rings. The summed E-state index contributed by atoms with van der Waals surface area (Å²) in [5.41, 5.74) is 7.28. The summed E-state index contributed by atoms with van der Waals surface area (Å²) in [7, 11) is 0. The van der Waals surface area contributed by atoms with Crippen molar-refractivity contribution in [2.45, 2.75) is 13.3 Å². The molecule has 0 unspecified atom stereocenters. The van der Waals surface area contributed by atoms with Crippen LogP contribution in [0.2, 0.25) is 5.02 Å². The van der Waals surface area contributed by atoms with Crippen LogP contribution in [-0.4, -0.2) is 14.6 Å². The van der Waals surface area contributed by atoms with Gasteiger partial charge in [-0.25, -0.2) is 4.52 Å². The van der Waals surface area contributed by atoms with E-state index in [2.05, 4.69) is 17.1 Å². The number of hydrogen-bond acceptors (Lipinski definition) is 2. The molecule has 0 atom stereocenters. The Bertz CT molecular complexity index is 1430. The van der Waals surface area contributed by atoms with E-state index in [-0.39, 0.29) is 5.56 Å². The smallest absolute Gasteiger partial charge is 0.251 e. The lowest BCUT2D eigenvalue weighted by molar-refractivity contribution is 0.898. The number of halogens is 1. The van der Waals surface area contributed by atoms with E-state index < -0.39 is 0 Å². The fraction of sp³-hybridized carbons (Fsp3) is 0.0769. The van der Waals surface area contributed by atoms with E-state index in [1.54, 1.807) is 6.07 Å². The van der Waals surface area contributed by atoms with Gasteiger partial charge in [0.15, 0.2) is 0 Å². The van der Waals surface area contributed by atoms with E-state index in [4.69, 9.17) is 16.7 Å². The molecule has 2 heterocycles. The number of benzene rings is 3. The molecule has 0 amide bonds. The molecule has 2 aromatic heterocycles. The Morgan fingerprint density at radius 2 is 1.65 bits per heavy atom. The minimum atomic E-state index is -0.160. The number of nitrogens with zero attached hydrogens (tertiary/aromatic N) is 2. The molecule has 0 bridgehead atoms. The average molecular weight is 426 g/mol. The molecule has 3 aromatic carbocycles. The molecule has 0 saturated carbocycles. The van der Waals surface area contributed by atoms with E-state index in [0.29, 0.717) is 17.1 Å². The normalized spacial score (nSPS) is 11.2. The molecule has 1 N–H and O–H groups in total. The zero-order valence-corrected chi connectivity index (χ0v) is 17.7. The molecule has 0 aliphatic carbocycles. The number of fused-ring (bicyclic) bond motifs is 1. The number of hydrogen-bond donors (Lipinski definition) is 1. The second kappa shape index (κ2) is 7.89. The third kappa shape index (κ3) is 3.66. The fourth-order valence-electron chi connectivity index (χ4n) is 3.98. The maximum atomic E-state index is 12.7. The first-order chi connectivity index (χ1) is 15.1. The Morgan fingerprint density at radius 3 is 2.39 bits per heavy atom. The van der Waals surface area contributed by atoms with Crippen molar-refractivity contribution >= 4 is 17.2 Å². The number of aryl methyl sites for hydroxylation is 1. The van der Waals surface area contributed by atoms with Crippen LogP contribution in [0.15, 0.2) is 89.7 Å². The van der Waals surface area contributed by atoms with Crippen LogP contribution in [0.5, 0.6) is 0 Å². The monoisotopic (exact) mass is 425 g/mol. The summed E-state index contributed by atoms with van der Waals surface area (Å²) < 4.78 is 1.85. The molecule has 5 aromatic rings. The summed E-state index contributed by atoms with van der Waals surface area (Å²) in [6.07, 6.45) is 0.649. The summed E-state index contributed by atoms with van der Waals surface area (Å²) in [6, 6.07) is 27.5. The molecule has 152 valence electrons. The number of aromatic nitrogens is 3. The van der Waals surface area contributed by atoms with Crippen LogP contribution in [0.25, 0.3) is 28.0 Å². The highest BCUT2D eigenvalue weighted by Crippen LogP contribution is 2.32. The van der Waals surface area contributed by atoms with E-state index >= 15 is 0 Å². The van der Waals surface area contributed by atoms with Crippen LogP contribution in [0.3, 0.4) is 0 Å². The van der Waals surface area contributed by atoms with E-state index in [1.807, 2.05) is 78.2 Å². The Kier molecular flexibility index (Phi) is 4.92. The van der Waals surface area contributed by atoms with Gasteiger partial charge in [0.25, 0.3) is 5.56 Å². The molecular formula is C26H20ClN3O. The molecule has 0 aliphatic heterocycles. The van der Waals surface area contributed by atoms with Gasteiger partial charge in [-0.1, -0.05) is 78.3 Å². The first kappa shape index (κ1) is 19.3. The van der Waals surface area contributed by atoms with Gasteiger partial charge < -0.3 is 4.98 Å². The molecular weight excluding hydrogens is 406 g/mol. The van der Waals surface area contributed by atoms with Gasteiger partial charge in [0.1, 0.15) is 5.65 Å². The maximum absolute atomic E-state index is 12.7. The SMILES string of the molecule is Cc1ccccc1-c1cc(=O)[nH]c2c(-c3ccc(Cl)cc3)c(Cc3ccccc3)nn12. The molecule has 0 saturated heterocycles. The van der Waals surface area contributed by atoms with Gasteiger partial charge in [-0.3, -0.25) is 4.79 Å². The van der Waals surface area contributed by atoms with Crippen LogP contribution in [0.4, 0.5) is 0 Å². The molecule has 5 heteroatoms. The zero-order valence-electron chi connectivity index (χ0n) is 17.0. The van der Waals surface area contributed by atoms with Gasteiger partial charge in [0, 0.05) is 28.6 Å². The Balaban J connectivity index is 1.81. The largest absolute Gasteiger partial charge is 0.306 e. The minimum Gasteiger partial charge on any atom is -0.306 e. The third-order valence-corrected chi connectivity index (χ3v) is 5.72. The molecule has 5 rings (SSSR count). The first-order valence-corrected chi connectivity index (χ1v) is 10.5. The topological polar surface area (TPSA) is 50.2 Å². The van der Waals surface area contributed by atoms with Crippen molar-refractivity contribution in [3.8, 4) is 22.4 Å². The van der Waals surface area contributed by atoms with Crippen molar-refractivity contribution in [2.75, 3.05) is 0 Å². The number of rotatable bonds is 4. The molecule has 31 heavy (non-hydrogen) atoms. The van der Waals surface area contributed by atoms with Crippen LogP contribution in [-0.2, 0) is 6.42 Å². The third-order valence-electron chi connectivity index (χ3n) is 5.46. The minimum absolute atomic E-state index is 0.160. The van der Waals surface area contributed by atoms with Crippen LogP contribution >= 0.6 is 11.6 Å². The molecule has 0 radical (unpaired) electrons. The highest BCUT2D eigenvalue weighted by atomic mass is 35.5. The zero-order chi connectivity index (χ0) is 21.4.